The number of ketones is 1. The summed E-state index contributed by atoms with van der Waals surface area (Å²) in [6.07, 6.45) is 3.26. The fourth-order valence-corrected chi connectivity index (χ4v) is 3.18. The van der Waals surface area contributed by atoms with Gasteiger partial charge in [-0.15, -0.1) is 0 Å². The van der Waals surface area contributed by atoms with Crippen LogP contribution in [-0.2, 0) is 12.8 Å². The Morgan fingerprint density at radius 3 is 2.37 bits per heavy atom. The Balaban J connectivity index is 2.09. The molecule has 0 atom stereocenters. The first-order valence-corrected chi connectivity index (χ1v) is 9.17. The molecule has 1 aromatic heterocycles. The minimum absolute atomic E-state index is 0.137. The number of rotatable bonds is 8. The van der Waals surface area contributed by atoms with E-state index in [0.717, 1.165) is 24.8 Å². The molecular weight excluding hydrogens is 342 g/mol. The molecule has 140 valence electrons. The Hall–Kier alpha value is -2.92. The van der Waals surface area contributed by atoms with Gasteiger partial charge >= 0.3 is 5.97 Å². The van der Waals surface area contributed by atoms with Gasteiger partial charge in [-0.05, 0) is 43.1 Å². The predicted octanol–water partition coefficient (Wildman–Crippen LogP) is 4.21. The molecule has 0 amide bonds. The summed E-state index contributed by atoms with van der Waals surface area (Å²) in [7, 11) is 0. The van der Waals surface area contributed by atoms with Crippen LogP contribution in [0.25, 0.3) is 11.0 Å². The number of carboxylic acids is 1. The number of unbranched alkanes of at least 4 members (excludes halogenated alkanes) is 1. The number of fused-ring (bicyclic) bond motifs is 1. The third kappa shape index (κ3) is 3.93. The topological polar surface area (TPSA) is 93.5 Å². The molecule has 0 unspecified atom stereocenters. The summed E-state index contributed by atoms with van der Waals surface area (Å²) < 4.78 is 5.91. The zero-order valence-electron chi connectivity index (χ0n) is 15.3. The SMILES string of the molecule is CCCCc1oc2ccc(C(=O)O)cc2c1C(=O)c1ccc(CCN)cc1. The van der Waals surface area contributed by atoms with E-state index in [4.69, 9.17) is 10.2 Å². The van der Waals surface area contributed by atoms with Gasteiger partial charge in [0.05, 0.1) is 11.1 Å². The number of hydrogen-bond donors (Lipinski definition) is 2. The number of aryl methyl sites for hydroxylation is 1. The van der Waals surface area contributed by atoms with Crippen LogP contribution in [0.3, 0.4) is 0 Å². The number of carbonyl (C=O) groups is 2. The minimum atomic E-state index is -1.03. The number of hydrogen-bond acceptors (Lipinski definition) is 4. The summed E-state index contributed by atoms with van der Waals surface area (Å²) >= 11 is 0. The lowest BCUT2D eigenvalue weighted by Crippen LogP contribution is -2.06. The van der Waals surface area contributed by atoms with Crippen molar-refractivity contribution in [1.29, 1.82) is 0 Å². The molecule has 27 heavy (non-hydrogen) atoms. The van der Waals surface area contributed by atoms with Gasteiger partial charge in [0.2, 0.25) is 0 Å². The van der Waals surface area contributed by atoms with E-state index in [9.17, 15) is 14.7 Å². The maximum atomic E-state index is 13.2. The molecule has 0 spiro atoms. The minimum Gasteiger partial charge on any atom is -0.478 e. The Morgan fingerprint density at radius 1 is 1.04 bits per heavy atom. The lowest BCUT2D eigenvalue weighted by molar-refractivity contribution is 0.0696. The van der Waals surface area contributed by atoms with E-state index in [1.807, 2.05) is 12.1 Å². The number of aromatic carboxylic acids is 1. The zero-order chi connectivity index (χ0) is 19.4. The highest BCUT2D eigenvalue weighted by molar-refractivity contribution is 6.17. The van der Waals surface area contributed by atoms with E-state index in [0.29, 0.717) is 40.8 Å². The van der Waals surface area contributed by atoms with Crippen LogP contribution in [0.1, 0.15) is 57.4 Å². The van der Waals surface area contributed by atoms with Crippen molar-refractivity contribution < 1.29 is 19.1 Å². The summed E-state index contributed by atoms with van der Waals surface area (Å²) in [5, 5.41) is 9.85. The van der Waals surface area contributed by atoms with Crippen LogP contribution in [0.15, 0.2) is 46.9 Å². The van der Waals surface area contributed by atoms with E-state index in [1.165, 1.54) is 12.1 Å². The Morgan fingerprint density at radius 2 is 1.74 bits per heavy atom. The maximum Gasteiger partial charge on any atom is 0.335 e. The van der Waals surface area contributed by atoms with Gasteiger partial charge in [-0.25, -0.2) is 4.79 Å². The van der Waals surface area contributed by atoms with Crippen LogP contribution in [0, 0.1) is 0 Å². The van der Waals surface area contributed by atoms with Gasteiger partial charge < -0.3 is 15.3 Å². The molecule has 0 fully saturated rings. The Kier molecular flexibility index (Phi) is 5.72. The maximum absolute atomic E-state index is 13.2. The van der Waals surface area contributed by atoms with Crippen molar-refractivity contribution in [2.45, 2.75) is 32.6 Å². The van der Waals surface area contributed by atoms with E-state index < -0.39 is 5.97 Å². The van der Waals surface area contributed by atoms with Gasteiger partial charge in [0, 0.05) is 17.4 Å². The molecule has 3 aromatic rings. The van der Waals surface area contributed by atoms with Gasteiger partial charge in [-0.3, -0.25) is 4.79 Å². The molecule has 0 aliphatic rings. The van der Waals surface area contributed by atoms with Gasteiger partial charge in [0.15, 0.2) is 5.78 Å². The zero-order valence-corrected chi connectivity index (χ0v) is 15.3. The van der Waals surface area contributed by atoms with Gasteiger partial charge in [-0.1, -0.05) is 37.6 Å². The van der Waals surface area contributed by atoms with E-state index >= 15 is 0 Å². The molecule has 5 heteroatoms. The van der Waals surface area contributed by atoms with Crippen LogP contribution >= 0.6 is 0 Å². The number of carbonyl (C=O) groups excluding carboxylic acids is 1. The smallest absolute Gasteiger partial charge is 0.335 e. The average molecular weight is 365 g/mol. The van der Waals surface area contributed by atoms with Crippen LogP contribution in [0.2, 0.25) is 0 Å². The molecule has 0 bridgehead atoms. The molecule has 0 saturated heterocycles. The normalized spacial score (nSPS) is 11.0. The molecule has 0 aliphatic carbocycles. The largest absolute Gasteiger partial charge is 0.478 e. The average Bonchev–Trinajstić information content (AvgIpc) is 3.04. The van der Waals surface area contributed by atoms with Crippen LogP contribution in [-0.4, -0.2) is 23.4 Å². The first kappa shape index (κ1) is 18.9. The first-order chi connectivity index (χ1) is 13.0. The summed E-state index contributed by atoms with van der Waals surface area (Å²) in [6, 6.07) is 12.0. The molecule has 0 saturated carbocycles. The highest BCUT2D eigenvalue weighted by Crippen LogP contribution is 2.30. The number of benzene rings is 2. The van der Waals surface area contributed by atoms with Crippen molar-refractivity contribution in [1.82, 2.24) is 0 Å². The van der Waals surface area contributed by atoms with Crippen molar-refractivity contribution in [3.05, 3.63) is 70.5 Å². The molecule has 0 aliphatic heterocycles. The van der Waals surface area contributed by atoms with Crippen LogP contribution in [0.4, 0.5) is 0 Å². The van der Waals surface area contributed by atoms with Crippen molar-refractivity contribution in [3.8, 4) is 0 Å². The molecule has 3 N–H and O–H groups in total. The predicted molar refractivity (Wildman–Crippen MR) is 104 cm³/mol. The second kappa shape index (κ2) is 8.18. The molecule has 0 radical (unpaired) electrons. The second-order valence-electron chi connectivity index (χ2n) is 6.58. The first-order valence-electron chi connectivity index (χ1n) is 9.17. The highest BCUT2D eigenvalue weighted by atomic mass is 16.4. The van der Waals surface area contributed by atoms with Crippen LogP contribution < -0.4 is 5.73 Å². The highest BCUT2D eigenvalue weighted by Gasteiger charge is 2.22. The number of nitrogens with two attached hydrogens (primary N) is 1. The molecular formula is C22H23NO4. The van der Waals surface area contributed by atoms with Crippen LogP contribution in [0.5, 0.6) is 0 Å². The third-order valence-electron chi connectivity index (χ3n) is 4.64. The van der Waals surface area contributed by atoms with E-state index in [1.54, 1.807) is 18.2 Å². The fourth-order valence-electron chi connectivity index (χ4n) is 3.18. The quantitative estimate of drug-likeness (QED) is 0.583. The van der Waals surface area contributed by atoms with Crippen molar-refractivity contribution in [3.63, 3.8) is 0 Å². The Labute approximate surface area is 157 Å². The number of carboxylic acid groups (broad SMARTS) is 1. The van der Waals surface area contributed by atoms with Crippen molar-refractivity contribution in [2.24, 2.45) is 5.73 Å². The van der Waals surface area contributed by atoms with E-state index in [2.05, 4.69) is 6.92 Å². The second-order valence-corrected chi connectivity index (χ2v) is 6.58. The molecule has 2 aromatic carbocycles. The summed E-state index contributed by atoms with van der Waals surface area (Å²) in [6.45, 7) is 2.63. The van der Waals surface area contributed by atoms with Gasteiger partial charge in [0.25, 0.3) is 0 Å². The summed E-state index contributed by atoms with van der Waals surface area (Å²) in [4.78, 5) is 24.6. The lowest BCUT2D eigenvalue weighted by atomic mass is 9.96. The van der Waals surface area contributed by atoms with Crippen molar-refractivity contribution in [2.75, 3.05) is 6.54 Å². The molecule has 5 nitrogen and oxygen atoms in total. The Bertz CT molecular complexity index is 970. The number of furan rings is 1. The fraction of sp³-hybridized carbons (Fsp3) is 0.273. The van der Waals surface area contributed by atoms with Gasteiger partial charge in [0.1, 0.15) is 11.3 Å². The van der Waals surface area contributed by atoms with Gasteiger partial charge in [-0.2, -0.15) is 0 Å². The summed E-state index contributed by atoms with van der Waals surface area (Å²) in [5.74, 6) is -0.565. The molecule has 3 rings (SSSR count). The van der Waals surface area contributed by atoms with E-state index in [-0.39, 0.29) is 11.3 Å². The standard InChI is InChI=1S/C22H23NO4/c1-2-3-4-19-20(17-13-16(22(25)26)9-10-18(17)27-19)21(24)15-7-5-14(6-8-15)11-12-23/h5-10,13H,2-4,11-12,23H2,1H3,(H,25,26). The molecule has 1 heterocycles. The van der Waals surface area contributed by atoms with Crippen molar-refractivity contribution >= 4 is 22.7 Å². The summed E-state index contributed by atoms with van der Waals surface area (Å²) in [5.41, 5.74) is 8.34. The monoisotopic (exact) mass is 365 g/mol. The lowest BCUT2D eigenvalue weighted by Gasteiger charge is -2.05. The third-order valence-corrected chi connectivity index (χ3v) is 4.64.